The summed E-state index contributed by atoms with van der Waals surface area (Å²) in [4.78, 5) is 18.9. The number of anilines is 1. The predicted octanol–water partition coefficient (Wildman–Crippen LogP) is 8.49. The van der Waals surface area contributed by atoms with Crippen LogP contribution in [0.25, 0.3) is 5.70 Å². The van der Waals surface area contributed by atoms with Gasteiger partial charge in [0.25, 0.3) is 0 Å². The number of halogens is 1. The standard InChI is InChI=1S/C36H51FN2O4/c1-10-17-27-31-25(22-30(42-13-4)34(32(31)37)43-14-5)36(11-2,12-3)39(27)23-29(40)24-20-26(35(6,7)8)33(41-9)28(21-24)38-18-15-16-19-38/h17,20-22H,10-16,18-19,23H2,1-9H3. The van der Waals surface area contributed by atoms with Crippen molar-refractivity contribution in [2.24, 2.45) is 0 Å². The Labute approximate surface area is 258 Å². The molecule has 43 heavy (non-hydrogen) atoms. The molecule has 2 aliphatic rings. The summed E-state index contributed by atoms with van der Waals surface area (Å²) in [5.41, 5.74) is 3.99. The van der Waals surface area contributed by atoms with Crippen LogP contribution in [0.3, 0.4) is 0 Å². The number of ether oxygens (including phenoxy) is 3. The second-order valence-electron chi connectivity index (χ2n) is 12.6. The number of carbonyl (C=O) groups is 1. The van der Waals surface area contributed by atoms with E-state index in [4.69, 9.17) is 14.2 Å². The van der Waals surface area contributed by atoms with Crippen molar-refractivity contribution in [1.82, 2.24) is 4.90 Å². The van der Waals surface area contributed by atoms with Gasteiger partial charge in [0, 0.05) is 35.5 Å². The quantitative estimate of drug-likeness (QED) is 0.230. The van der Waals surface area contributed by atoms with Gasteiger partial charge in [0.2, 0.25) is 0 Å². The molecule has 2 heterocycles. The van der Waals surface area contributed by atoms with E-state index in [9.17, 15) is 4.79 Å². The van der Waals surface area contributed by atoms with E-state index >= 15 is 4.39 Å². The van der Waals surface area contributed by atoms with Crippen molar-refractivity contribution in [1.29, 1.82) is 0 Å². The number of carbonyl (C=O) groups excluding carboxylic acids is 1. The lowest BCUT2D eigenvalue weighted by Gasteiger charge is -2.40. The van der Waals surface area contributed by atoms with Crippen LogP contribution in [-0.2, 0) is 11.0 Å². The molecule has 0 bridgehead atoms. The molecule has 1 saturated heterocycles. The number of allylic oxidation sites excluding steroid dienone is 1. The lowest BCUT2D eigenvalue weighted by molar-refractivity contribution is 0.0869. The molecule has 0 spiro atoms. The number of benzene rings is 2. The van der Waals surface area contributed by atoms with Crippen LogP contribution in [0.1, 0.15) is 115 Å². The Kier molecular flexibility index (Phi) is 10.0. The van der Waals surface area contributed by atoms with Gasteiger partial charge in [-0.25, -0.2) is 4.39 Å². The van der Waals surface area contributed by atoms with Crippen LogP contribution in [-0.4, -0.2) is 50.6 Å². The van der Waals surface area contributed by atoms with Crippen molar-refractivity contribution in [3.8, 4) is 17.2 Å². The molecule has 7 heteroatoms. The van der Waals surface area contributed by atoms with E-state index in [2.05, 4.69) is 44.4 Å². The van der Waals surface area contributed by atoms with Crippen LogP contribution in [0.2, 0.25) is 0 Å². The molecule has 2 aromatic carbocycles. The lowest BCUT2D eigenvalue weighted by atomic mass is 9.83. The maximum Gasteiger partial charge on any atom is 0.197 e. The highest BCUT2D eigenvalue weighted by Crippen LogP contribution is 2.54. The Morgan fingerprint density at radius 3 is 2.16 bits per heavy atom. The third-order valence-electron chi connectivity index (χ3n) is 9.06. The molecule has 0 radical (unpaired) electrons. The first-order chi connectivity index (χ1) is 20.5. The monoisotopic (exact) mass is 594 g/mol. The minimum absolute atomic E-state index is 0.00477. The zero-order valence-corrected chi connectivity index (χ0v) is 27.8. The van der Waals surface area contributed by atoms with E-state index < -0.39 is 11.4 Å². The van der Waals surface area contributed by atoms with Crippen molar-refractivity contribution in [3.05, 3.63) is 52.3 Å². The van der Waals surface area contributed by atoms with Gasteiger partial charge in [-0.05, 0) is 75.1 Å². The van der Waals surface area contributed by atoms with E-state index in [1.807, 2.05) is 45.0 Å². The molecule has 0 N–H and O–H groups in total. The van der Waals surface area contributed by atoms with Gasteiger partial charge in [0.05, 0.1) is 38.1 Å². The van der Waals surface area contributed by atoms with E-state index in [-0.39, 0.29) is 23.5 Å². The molecule has 6 nitrogen and oxygen atoms in total. The molecule has 236 valence electrons. The molecule has 1 fully saturated rings. The molecule has 2 aromatic rings. The summed E-state index contributed by atoms with van der Waals surface area (Å²) in [6.45, 7) is 19.2. The summed E-state index contributed by atoms with van der Waals surface area (Å²) in [6, 6.07) is 5.97. The molecular weight excluding hydrogens is 543 g/mol. The average molecular weight is 595 g/mol. The fourth-order valence-electron chi connectivity index (χ4n) is 6.91. The Balaban J connectivity index is 1.88. The number of rotatable bonds is 12. The molecule has 0 atom stereocenters. The largest absolute Gasteiger partial charge is 0.494 e. The van der Waals surface area contributed by atoms with E-state index in [1.54, 1.807) is 7.11 Å². The highest BCUT2D eigenvalue weighted by atomic mass is 19.1. The summed E-state index contributed by atoms with van der Waals surface area (Å²) >= 11 is 0. The number of nitrogens with zero attached hydrogens (tertiary/aromatic N) is 2. The van der Waals surface area contributed by atoms with Gasteiger partial charge in [-0.1, -0.05) is 47.6 Å². The summed E-state index contributed by atoms with van der Waals surface area (Å²) < 4.78 is 34.2. The Morgan fingerprint density at radius 2 is 1.63 bits per heavy atom. The molecule has 0 amide bonds. The third kappa shape index (κ3) is 5.84. The van der Waals surface area contributed by atoms with Gasteiger partial charge in [-0.15, -0.1) is 0 Å². The van der Waals surface area contributed by atoms with Crippen molar-refractivity contribution >= 4 is 17.2 Å². The Hall–Kier alpha value is -3.22. The zero-order valence-electron chi connectivity index (χ0n) is 27.8. The van der Waals surface area contributed by atoms with Gasteiger partial charge in [-0.3, -0.25) is 4.79 Å². The van der Waals surface area contributed by atoms with Crippen LogP contribution in [0, 0.1) is 5.82 Å². The average Bonchev–Trinajstić information content (AvgIpc) is 3.60. The van der Waals surface area contributed by atoms with Gasteiger partial charge in [0.1, 0.15) is 5.75 Å². The van der Waals surface area contributed by atoms with E-state index in [1.165, 1.54) is 0 Å². The molecule has 0 aromatic heterocycles. The Morgan fingerprint density at radius 1 is 0.977 bits per heavy atom. The topological polar surface area (TPSA) is 51.2 Å². The summed E-state index contributed by atoms with van der Waals surface area (Å²) in [6.07, 6.45) is 6.41. The molecule has 0 unspecified atom stereocenters. The van der Waals surface area contributed by atoms with Gasteiger partial charge in [-0.2, -0.15) is 0 Å². The van der Waals surface area contributed by atoms with Crippen molar-refractivity contribution in [2.45, 2.75) is 98.4 Å². The van der Waals surface area contributed by atoms with Crippen molar-refractivity contribution in [3.63, 3.8) is 0 Å². The van der Waals surface area contributed by atoms with Crippen LogP contribution < -0.4 is 19.1 Å². The normalized spacial score (nSPS) is 17.0. The first-order valence-corrected chi connectivity index (χ1v) is 16.1. The number of hydrogen-bond donors (Lipinski definition) is 0. The van der Waals surface area contributed by atoms with E-state index in [0.717, 1.165) is 54.2 Å². The molecule has 0 aliphatic carbocycles. The SMILES string of the molecule is CCC=C1c2c(cc(OCC)c(OCC)c2F)C(CC)(CC)N1CC(=O)c1cc(N2CCCC2)c(OC)c(C(C)(C)C)c1. The smallest absolute Gasteiger partial charge is 0.197 e. The summed E-state index contributed by atoms with van der Waals surface area (Å²) in [7, 11) is 1.72. The minimum atomic E-state index is -0.569. The zero-order chi connectivity index (χ0) is 31.5. The second-order valence-corrected chi connectivity index (χ2v) is 12.6. The fraction of sp³-hybridized carbons (Fsp3) is 0.583. The van der Waals surface area contributed by atoms with Gasteiger partial charge < -0.3 is 24.0 Å². The fourth-order valence-corrected chi connectivity index (χ4v) is 6.91. The number of Topliss-reactive ketones (excluding diaryl/α,β-unsaturated/α-hetero) is 1. The summed E-state index contributed by atoms with van der Waals surface area (Å²) in [5.74, 6) is 0.983. The molecule has 4 rings (SSSR count). The second kappa shape index (κ2) is 13.2. The first-order valence-electron chi connectivity index (χ1n) is 16.1. The van der Waals surface area contributed by atoms with Gasteiger partial charge >= 0.3 is 0 Å². The van der Waals surface area contributed by atoms with Crippen molar-refractivity contribution in [2.75, 3.05) is 44.9 Å². The van der Waals surface area contributed by atoms with Gasteiger partial charge in [0.15, 0.2) is 23.1 Å². The van der Waals surface area contributed by atoms with Crippen LogP contribution >= 0.6 is 0 Å². The van der Waals surface area contributed by atoms with Crippen molar-refractivity contribution < 1.29 is 23.4 Å². The minimum Gasteiger partial charge on any atom is -0.494 e. The third-order valence-corrected chi connectivity index (χ3v) is 9.06. The molecular formula is C36H51FN2O4. The molecule has 0 saturated carbocycles. The maximum absolute atomic E-state index is 16.5. The lowest BCUT2D eigenvalue weighted by Crippen LogP contribution is -2.42. The number of fused-ring (bicyclic) bond motifs is 1. The summed E-state index contributed by atoms with van der Waals surface area (Å²) in [5, 5.41) is 0. The Bertz CT molecular complexity index is 1350. The highest BCUT2D eigenvalue weighted by Gasteiger charge is 2.48. The van der Waals surface area contributed by atoms with Crippen LogP contribution in [0.4, 0.5) is 10.1 Å². The first kappa shape index (κ1) is 32.7. The number of ketones is 1. The van der Waals surface area contributed by atoms with Crippen LogP contribution in [0.5, 0.6) is 17.2 Å². The maximum atomic E-state index is 16.5. The highest BCUT2D eigenvalue weighted by molar-refractivity contribution is 6.00. The van der Waals surface area contributed by atoms with E-state index in [0.29, 0.717) is 49.4 Å². The van der Waals surface area contributed by atoms with Crippen LogP contribution in [0.15, 0.2) is 24.3 Å². The predicted molar refractivity (Wildman–Crippen MR) is 173 cm³/mol. The number of methoxy groups -OCH3 is 1. The molecule has 2 aliphatic heterocycles. The number of hydrogen-bond acceptors (Lipinski definition) is 6.